The first-order valence-electron chi connectivity index (χ1n) is 29.8. The largest absolute Gasteiger partial charge is 0.481 e. The Morgan fingerprint density at radius 2 is 0.988 bits per heavy atom. The number of amides is 2. The first kappa shape index (κ1) is 76.1. The maximum absolute atomic E-state index is 12.5. The third kappa shape index (κ3) is 46.6. The minimum atomic E-state index is -1.34. The van der Waals surface area contributed by atoms with Crippen LogP contribution in [0.1, 0.15) is 219 Å². The van der Waals surface area contributed by atoms with Gasteiger partial charge in [0.25, 0.3) is 0 Å². The molecule has 1 aromatic rings. The molecule has 0 aromatic carbocycles. The normalized spacial score (nSPS) is 12.5. The molecular weight excluding hydrogens is 1070 g/mol. The van der Waals surface area contributed by atoms with Gasteiger partial charge in [0.1, 0.15) is 35.8 Å². The lowest BCUT2D eigenvalue weighted by molar-refractivity contribution is -0.146. The van der Waals surface area contributed by atoms with E-state index in [1.807, 2.05) is 0 Å². The van der Waals surface area contributed by atoms with E-state index in [-0.39, 0.29) is 115 Å². The Balaban J connectivity index is 0.00000249. The molecule has 23 heteroatoms. The fourth-order valence-corrected chi connectivity index (χ4v) is 8.84. The van der Waals surface area contributed by atoms with Gasteiger partial charge in [-0.15, -0.1) is 0 Å². The molecule has 0 aliphatic heterocycles. The number of aliphatic carboxylic acids is 5. The fourth-order valence-electron chi connectivity index (χ4n) is 8.84. The number of carboxylic acids is 5. The summed E-state index contributed by atoms with van der Waals surface area (Å²) >= 11 is 0. The van der Waals surface area contributed by atoms with Crippen molar-refractivity contribution < 1.29 is 87.7 Å². The van der Waals surface area contributed by atoms with Gasteiger partial charge in [-0.25, -0.2) is 4.98 Å². The fraction of sp³-hybridized carbons (Fsp3) is 0.763. The third-order valence-corrected chi connectivity index (χ3v) is 13.8. The molecule has 1 heterocycles. The topological polar surface area (TPSA) is 372 Å². The van der Waals surface area contributed by atoms with Gasteiger partial charge >= 0.3 is 29.8 Å². The molecule has 2 amide bonds. The highest BCUT2D eigenvalue weighted by Gasteiger charge is 2.27. The maximum Gasteiger partial charge on any atom is 0.320 e. The number of aryl methyl sites for hydroxylation is 1. The number of nitrogens with one attached hydrogen (secondary N) is 4. The van der Waals surface area contributed by atoms with E-state index < -0.39 is 84.0 Å². The standard InChI is InChI=1S/C39H59N5O16.C20H40O2/c1-25(45)18-26(36(51)52)5-9-30(46)19-27(37(53)54)6-10-31(47)20-28(38(55)56)7-12-34(49)42-14-15-59-16-17-60-23-35(50)41-13-3-2-4-33(39(57)58)43-22-32(48)11-8-29-21-40-24-44-29;1-2-3-4-5-6-7-8-9-10-11-12-13-14-15-16-17-18-19-20(21)22/h21,24,26-28,33,43H,2-20,22-23H2,1H3,(H,40,44)(H,41,50)(H,42,49)(H,51,52)(H,53,54)(H,55,56)(H,57,58);2-19H2,1H3,(H,21,22)/t26-,27-,28-,33+;/m1./s1. The number of nitrogens with zero attached hydrogens (tertiary/aromatic N) is 1. The lowest BCUT2D eigenvalue weighted by Gasteiger charge is -2.14. The Bertz CT molecular complexity index is 1980. The predicted octanol–water partition coefficient (Wildman–Crippen LogP) is 7.84. The molecular formula is C59H99N5O18. The van der Waals surface area contributed by atoms with Crippen molar-refractivity contribution in [1.29, 1.82) is 0 Å². The number of carbonyl (C=O) groups excluding carboxylic acids is 6. The van der Waals surface area contributed by atoms with E-state index in [1.165, 1.54) is 110 Å². The first-order chi connectivity index (χ1) is 39.2. The molecule has 4 atom stereocenters. The zero-order valence-corrected chi connectivity index (χ0v) is 49.0. The summed E-state index contributed by atoms with van der Waals surface area (Å²) in [5, 5.41) is 54.3. The van der Waals surface area contributed by atoms with Gasteiger partial charge in [-0.1, -0.05) is 110 Å². The molecule has 23 nitrogen and oxygen atoms in total. The molecule has 0 aliphatic rings. The number of unbranched alkanes of at least 4 members (excludes halogenated alkanes) is 17. The molecule has 0 saturated carbocycles. The molecule has 0 saturated heterocycles. The van der Waals surface area contributed by atoms with Crippen LogP contribution in [0.15, 0.2) is 12.5 Å². The van der Waals surface area contributed by atoms with Crippen molar-refractivity contribution in [2.24, 2.45) is 17.8 Å². The number of ketones is 4. The van der Waals surface area contributed by atoms with Crippen LogP contribution in [0.2, 0.25) is 0 Å². The highest BCUT2D eigenvalue weighted by atomic mass is 16.5. The number of aromatic nitrogens is 2. The van der Waals surface area contributed by atoms with E-state index >= 15 is 0 Å². The second-order valence-corrected chi connectivity index (χ2v) is 21.2. The van der Waals surface area contributed by atoms with Gasteiger partial charge in [-0.3, -0.25) is 53.3 Å². The van der Waals surface area contributed by atoms with Crippen molar-refractivity contribution in [1.82, 2.24) is 25.9 Å². The van der Waals surface area contributed by atoms with Gasteiger partial charge in [-0.2, -0.15) is 0 Å². The van der Waals surface area contributed by atoms with Gasteiger partial charge < -0.3 is 55.4 Å². The van der Waals surface area contributed by atoms with Crippen LogP contribution in [-0.4, -0.2) is 152 Å². The first-order valence-corrected chi connectivity index (χ1v) is 29.8. The lowest BCUT2D eigenvalue weighted by atomic mass is 9.89. The number of carbonyl (C=O) groups is 11. The van der Waals surface area contributed by atoms with Crippen molar-refractivity contribution in [2.75, 3.05) is 46.1 Å². The van der Waals surface area contributed by atoms with Crippen molar-refractivity contribution in [3.8, 4) is 0 Å². The molecule has 9 N–H and O–H groups in total. The Labute approximate surface area is 484 Å². The van der Waals surface area contributed by atoms with Gasteiger partial charge in [0.05, 0.1) is 50.4 Å². The summed E-state index contributed by atoms with van der Waals surface area (Å²) in [6, 6.07) is -0.893. The summed E-state index contributed by atoms with van der Waals surface area (Å²) in [5.41, 5.74) is 0.817. The maximum atomic E-state index is 12.5. The van der Waals surface area contributed by atoms with Crippen LogP contribution in [0.3, 0.4) is 0 Å². The molecule has 468 valence electrons. The average molecular weight is 1170 g/mol. The van der Waals surface area contributed by atoms with Crippen LogP contribution in [-0.2, 0) is 68.6 Å². The number of carboxylic acid groups (broad SMARTS) is 5. The van der Waals surface area contributed by atoms with Crippen molar-refractivity contribution >= 4 is 64.8 Å². The van der Waals surface area contributed by atoms with Crippen LogP contribution in [0.25, 0.3) is 0 Å². The van der Waals surface area contributed by atoms with Crippen LogP contribution in [0, 0.1) is 17.8 Å². The summed E-state index contributed by atoms with van der Waals surface area (Å²) in [5.74, 6) is -11.5. The van der Waals surface area contributed by atoms with Crippen molar-refractivity contribution in [3.05, 3.63) is 18.2 Å². The van der Waals surface area contributed by atoms with E-state index in [4.69, 9.17) is 14.6 Å². The summed E-state index contributed by atoms with van der Waals surface area (Å²) in [6.45, 7) is 3.91. The van der Waals surface area contributed by atoms with Crippen LogP contribution in [0.5, 0.6) is 0 Å². The second-order valence-electron chi connectivity index (χ2n) is 21.2. The molecule has 0 unspecified atom stereocenters. The Morgan fingerprint density at radius 1 is 0.500 bits per heavy atom. The zero-order chi connectivity index (χ0) is 61.2. The van der Waals surface area contributed by atoms with Crippen LogP contribution in [0.4, 0.5) is 0 Å². The lowest BCUT2D eigenvalue weighted by Crippen LogP contribution is -2.40. The van der Waals surface area contributed by atoms with Gasteiger partial charge in [0.15, 0.2) is 0 Å². The number of imidazole rings is 1. The Kier molecular flexibility index (Phi) is 47.1. The Morgan fingerprint density at radius 3 is 1.46 bits per heavy atom. The van der Waals surface area contributed by atoms with Gasteiger partial charge in [-0.05, 0) is 58.3 Å². The summed E-state index contributed by atoms with van der Waals surface area (Å²) < 4.78 is 10.6. The number of Topliss-reactive ketones (excluding diaryl/α,β-unsaturated/α-hetero) is 4. The molecule has 0 spiro atoms. The molecule has 0 bridgehead atoms. The third-order valence-electron chi connectivity index (χ3n) is 13.8. The summed E-state index contributed by atoms with van der Waals surface area (Å²) in [4.78, 5) is 136. The van der Waals surface area contributed by atoms with Gasteiger partial charge in [0, 0.05) is 76.3 Å². The van der Waals surface area contributed by atoms with Crippen LogP contribution >= 0.6 is 0 Å². The van der Waals surface area contributed by atoms with E-state index in [1.54, 1.807) is 6.20 Å². The SMILES string of the molecule is CC(=O)C[C@@H](CCC(=O)C[C@@H](CCC(=O)C[C@@H](CCC(=O)NCCOCCOCC(=O)NCCCC[C@H](NCC(=O)CCc1cnc[nH]1)C(=O)O)C(=O)O)C(=O)O)C(=O)O.CCCCCCCCCCCCCCCCCCCC(=O)O. The summed E-state index contributed by atoms with van der Waals surface area (Å²) in [7, 11) is 0. The Hall–Kier alpha value is -5.94. The number of ether oxygens (including phenoxy) is 2. The second kappa shape index (κ2) is 50.8. The molecule has 0 radical (unpaired) electrons. The monoisotopic (exact) mass is 1170 g/mol. The van der Waals surface area contributed by atoms with Crippen LogP contribution < -0.4 is 16.0 Å². The van der Waals surface area contributed by atoms with E-state index in [9.17, 15) is 73.2 Å². The molecule has 1 rings (SSSR count). The molecule has 82 heavy (non-hydrogen) atoms. The number of hydrogen-bond acceptors (Lipinski definition) is 15. The highest BCUT2D eigenvalue weighted by Crippen LogP contribution is 2.21. The highest BCUT2D eigenvalue weighted by molar-refractivity contribution is 5.87. The van der Waals surface area contributed by atoms with E-state index in [2.05, 4.69) is 32.8 Å². The quantitative estimate of drug-likeness (QED) is 0.0280. The number of rotatable bonds is 56. The molecule has 1 aromatic heterocycles. The summed E-state index contributed by atoms with van der Waals surface area (Å²) in [6.07, 6.45) is 25.8. The smallest absolute Gasteiger partial charge is 0.320 e. The zero-order valence-electron chi connectivity index (χ0n) is 49.0. The van der Waals surface area contributed by atoms with Gasteiger partial charge in [0.2, 0.25) is 11.8 Å². The van der Waals surface area contributed by atoms with E-state index in [0.29, 0.717) is 32.2 Å². The number of hydrogen-bond donors (Lipinski definition) is 9. The number of H-pyrrole nitrogens is 1. The predicted molar refractivity (Wildman–Crippen MR) is 305 cm³/mol. The van der Waals surface area contributed by atoms with E-state index in [0.717, 1.165) is 18.5 Å². The minimum absolute atomic E-state index is 0.0652. The average Bonchev–Trinajstić information content (AvgIpc) is 3.96. The molecule has 0 fully saturated rings. The van der Waals surface area contributed by atoms with Crippen molar-refractivity contribution in [2.45, 2.75) is 225 Å². The number of aromatic amines is 1. The minimum Gasteiger partial charge on any atom is -0.481 e. The molecule has 0 aliphatic carbocycles. The van der Waals surface area contributed by atoms with Crippen molar-refractivity contribution in [3.63, 3.8) is 0 Å².